The van der Waals surface area contributed by atoms with E-state index in [9.17, 15) is 13.2 Å². The molecule has 2 aromatic carbocycles. The van der Waals surface area contributed by atoms with Crippen LogP contribution in [0.3, 0.4) is 0 Å². The van der Waals surface area contributed by atoms with Gasteiger partial charge in [-0.3, -0.25) is 0 Å². The minimum Gasteiger partial charge on any atom is -0.452 e. The lowest BCUT2D eigenvalue weighted by Crippen LogP contribution is -1.95. The third-order valence-corrected chi connectivity index (χ3v) is 2.09. The Bertz CT molecular complexity index is 557. The highest BCUT2D eigenvalue weighted by Crippen LogP contribution is 2.29. The van der Waals surface area contributed by atoms with Gasteiger partial charge in [-0.15, -0.1) is 0 Å². The monoisotopic (exact) mass is 239 g/mol. The summed E-state index contributed by atoms with van der Waals surface area (Å²) in [7, 11) is 0. The number of benzene rings is 2. The molecular weight excluding hydrogens is 231 g/mol. The van der Waals surface area contributed by atoms with Crippen molar-refractivity contribution in [1.29, 1.82) is 0 Å². The molecule has 0 bridgehead atoms. The van der Waals surface area contributed by atoms with Crippen LogP contribution in [0.15, 0.2) is 36.4 Å². The van der Waals surface area contributed by atoms with E-state index in [0.717, 1.165) is 24.3 Å². The van der Waals surface area contributed by atoms with E-state index in [4.69, 9.17) is 10.5 Å². The molecular formula is C12H8F3NO. The number of rotatable bonds is 2. The van der Waals surface area contributed by atoms with Crippen molar-refractivity contribution in [3.63, 3.8) is 0 Å². The molecule has 0 aromatic heterocycles. The lowest BCUT2D eigenvalue weighted by molar-refractivity contribution is 0.436. The molecule has 0 aliphatic rings. The zero-order valence-electron chi connectivity index (χ0n) is 8.58. The maximum absolute atomic E-state index is 13.3. The van der Waals surface area contributed by atoms with Gasteiger partial charge in [0.25, 0.3) is 0 Å². The van der Waals surface area contributed by atoms with E-state index in [1.54, 1.807) is 0 Å². The van der Waals surface area contributed by atoms with E-state index in [1.807, 2.05) is 0 Å². The van der Waals surface area contributed by atoms with E-state index in [1.165, 1.54) is 6.07 Å². The molecule has 2 N–H and O–H groups in total. The molecule has 17 heavy (non-hydrogen) atoms. The Morgan fingerprint density at radius 3 is 2.18 bits per heavy atom. The Morgan fingerprint density at radius 2 is 1.47 bits per heavy atom. The zero-order chi connectivity index (χ0) is 12.4. The lowest BCUT2D eigenvalue weighted by atomic mass is 10.3. The van der Waals surface area contributed by atoms with Gasteiger partial charge in [0, 0.05) is 12.1 Å². The molecule has 0 amide bonds. The van der Waals surface area contributed by atoms with Crippen LogP contribution in [0.1, 0.15) is 0 Å². The lowest BCUT2D eigenvalue weighted by Gasteiger charge is -2.09. The number of hydrogen-bond donors (Lipinski definition) is 1. The van der Waals surface area contributed by atoms with E-state index in [2.05, 4.69) is 0 Å². The van der Waals surface area contributed by atoms with E-state index in [-0.39, 0.29) is 17.2 Å². The van der Waals surface area contributed by atoms with Crippen molar-refractivity contribution in [3.05, 3.63) is 53.8 Å². The van der Waals surface area contributed by atoms with Gasteiger partial charge in [0.2, 0.25) is 0 Å². The second-order valence-corrected chi connectivity index (χ2v) is 3.36. The molecule has 0 saturated heterocycles. The number of hydrogen-bond acceptors (Lipinski definition) is 2. The highest BCUT2D eigenvalue weighted by atomic mass is 19.1. The summed E-state index contributed by atoms with van der Waals surface area (Å²) in [6.45, 7) is 0. The zero-order valence-corrected chi connectivity index (χ0v) is 8.58. The molecule has 5 heteroatoms. The number of nitrogen functional groups attached to an aromatic ring is 1. The molecule has 2 aromatic rings. The highest BCUT2D eigenvalue weighted by molar-refractivity contribution is 5.53. The van der Waals surface area contributed by atoms with Crippen LogP contribution in [0, 0.1) is 17.5 Å². The number of anilines is 1. The third kappa shape index (κ3) is 2.50. The summed E-state index contributed by atoms with van der Waals surface area (Å²) in [6.07, 6.45) is 0. The maximum Gasteiger partial charge on any atom is 0.168 e. The van der Waals surface area contributed by atoms with Gasteiger partial charge in [-0.1, -0.05) is 0 Å². The van der Waals surface area contributed by atoms with E-state index >= 15 is 0 Å². The summed E-state index contributed by atoms with van der Waals surface area (Å²) < 4.78 is 43.9. The molecule has 2 nitrogen and oxygen atoms in total. The summed E-state index contributed by atoms with van der Waals surface area (Å²) in [5.41, 5.74) is 5.69. The Balaban J connectivity index is 2.34. The quantitative estimate of drug-likeness (QED) is 0.814. The predicted octanol–water partition coefficient (Wildman–Crippen LogP) is 3.48. The van der Waals surface area contributed by atoms with Crippen molar-refractivity contribution in [2.75, 3.05) is 5.73 Å². The molecule has 0 aliphatic heterocycles. The van der Waals surface area contributed by atoms with Gasteiger partial charge >= 0.3 is 0 Å². The number of nitrogens with two attached hydrogens (primary N) is 1. The van der Waals surface area contributed by atoms with Gasteiger partial charge in [-0.05, 0) is 24.3 Å². The molecule has 0 atom stereocenters. The average Bonchev–Trinajstić information content (AvgIpc) is 2.27. The molecule has 0 saturated carbocycles. The van der Waals surface area contributed by atoms with Crippen molar-refractivity contribution < 1.29 is 17.9 Å². The SMILES string of the molecule is Nc1ccc(F)cc1Oc1ccc(F)cc1F. The fourth-order valence-electron chi connectivity index (χ4n) is 1.27. The largest absolute Gasteiger partial charge is 0.452 e. The second-order valence-electron chi connectivity index (χ2n) is 3.36. The third-order valence-electron chi connectivity index (χ3n) is 2.09. The van der Waals surface area contributed by atoms with E-state index < -0.39 is 17.5 Å². The normalized spacial score (nSPS) is 10.3. The molecule has 0 unspecified atom stereocenters. The first-order chi connectivity index (χ1) is 8.06. The van der Waals surface area contributed by atoms with Gasteiger partial charge in [-0.25, -0.2) is 13.2 Å². The summed E-state index contributed by atoms with van der Waals surface area (Å²) in [5.74, 6) is -2.40. The molecule has 88 valence electrons. The van der Waals surface area contributed by atoms with Crippen LogP contribution in [0.2, 0.25) is 0 Å². The van der Waals surface area contributed by atoms with E-state index in [0.29, 0.717) is 6.07 Å². The standard InChI is InChI=1S/C12H8F3NO/c13-7-2-4-11(9(15)5-7)17-12-6-8(14)1-3-10(12)16/h1-6H,16H2. The second kappa shape index (κ2) is 4.37. The Hall–Kier alpha value is -2.17. The summed E-state index contributed by atoms with van der Waals surface area (Å²) in [4.78, 5) is 0. The van der Waals surface area contributed by atoms with Gasteiger partial charge in [0.05, 0.1) is 5.69 Å². The van der Waals surface area contributed by atoms with Gasteiger partial charge < -0.3 is 10.5 Å². The van der Waals surface area contributed by atoms with Crippen molar-refractivity contribution in [1.82, 2.24) is 0 Å². The molecule has 2 rings (SSSR count). The fraction of sp³-hybridized carbons (Fsp3) is 0. The van der Waals surface area contributed by atoms with Gasteiger partial charge in [-0.2, -0.15) is 0 Å². The van der Waals surface area contributed by atoms with Crippen LogP contribution in [-0.4, -0.2) is 0 Å². The highest BCUT2D eigenvalue weighted by Gasteiger charge is 2.09. The first kappa shape index (κ1) is 11.3. The number of ether oxygens (including phenoxy) is 1. The predicted molar refractivity (Wildman–Crippen MR) is 57.2 cm³/mol. The minimum absolute atomic E-state index is 0.0180. The van der Waals surface area contributed by atoms with Gasteiger partial charge in [0.1, 0.15) is 11.6 Å². The molecule has 0 aliphatic carbocycles. The van der Waals surface area contributed by atoms with Crippen LogP contribution < -0.4 is 10.5 Å². The first-order valence-corrected chi connectivity index (χ1v) is 4.74. The topological polar surface area (TPSA) is 35.2 Å². The Morgan fingerprint density at radius 1 is 0.824 bits per heavy atom. The van der Waals surface area contributed by atoms with Crippen molar-refractivity contribution >= 4 is 5.69 Å². The smallest absolute Gasteiger partial charge is 0.168 e. The molecule has 0 heterocycles. The van der Waals surface area contributed by atoms with Crippen LogP contribution in [0.4, 0.5) is 18.9 Å². The van der Waals surface area contributed by atoms with Crippen molar-refractivity contribution in [3.8, 4) is 11.5 Å². The Labute approximate surface area is 95.4 Å². The number of halogens is 3. The molecule has 0 fully saturated rings. The fourth-order valence-corrected chi connectivity index (χ4v) is 1.27. The Kier molecular flexibility index (Phi) is 2.91. The van der Waals surface area contributed by atoms with Crippen LogP contribution in [0.25, 0.3) is 0 Å². The first-order valence-electron chi connectivity index (χ1n) is 4.74. The van der Waals surface area contributed by atoms with Crippen LogP contribution in [0.5, 0.6) is 11.5 Å². The van der Waals surface area contributed by atoms with Crippen molar-refractivity contribution in [2.24, 2.45) is 0 Å². The average molecular weight is 239 g/mol. The summed E-state index contributed by atoms with van der Waals surface area (Å²) in [6, 6.07) is 6.29. The maximum atomic E-state index is 13.3. The van der Waals surface area contributed by atoms with Gasteiger partial charge in [0.15, 0.2) is 17.3 Å². The van der Waals surface area contributed by atoms with Crippen LogP contribution in [-0.2, 0) is 0 Å². The molecule has 0 radical (unpaired) electrons. The minimum atomic E-state index is -0.881. The van der Waals surface area contributed by atoms with Crippen molar-refractivity contribution in [2.45, 2.75) is 0 Å². The van der Waals surface area contributed by atoms with Crippen LogP contribution >= 0.6 is 0 Å². The molecule has 0 spiro atoms. The summed E-state index contributed by atoms with van der Waals surface area (Å²) in [5, 5.41) is 0. The summed E-state index contributed by atoms with van der Waals surface area (Å²) >= 11 is 0.